The topological polar surface area (TPSA) is 0 Å². The van der Waals surface area contributed by atoms with E-state index in [0.717, 1.165) is 0 Å². The Morgan fingerprint density at radius 2 is 0.586 bits per heavy atom. The van der Waals surface area contributed by atoms with E-state index in [1.54, 1.807) is 0 Å². The molecule has 0 fully saturated rings. The lowest BCUT2D eigenvalue weighted by Crippen LogP contribution is -2.10. The summed E-state index contributed by atoms with van der Waals surface area (Å²) in [6, 6.07) is 41.1. The molecule has 0 nitrogen and oxygen atoms in total. The highest BCUT2D eigenvalue weighted by atomic mass is 127. The van der Waals surface area contributed by atoms with E-state index >= 15 is 0 Å². The summed E-state index contributed by atoms with van der Waals surface area (Å²) in [4.78, 5) is 0. The first-order valence-corrected chi connectivity index (χ1v) is 10.8. The summed E-state index contributed by atoms with van der Waals surface area (Å²) in [6.07, 6.45) is 0. The lowest BCUT2D eigenvalue weighted by molar-refractivity contribution is 1.51. The molecule has 0 saturated carbocycles. The summed E-state index contributed by atoms with van der Waals surface area (Å²) < 4.78 is 1.25. The third kappa shape index (κ3) is 3.36. The molecule has 0 aliphatic heterocycles. The smallest absolute Gasteiger partial charge is 0.0130 e. The maximum Gasteiger partial charge on any atom is 0.0130 e. The maximum absolute atomic E-state index is 2.37. The van der Waals surface area contributed by atoms with Crippen molar-refractivity contribution in [3.63, 3.8) is 0 Å². The first-order chi connectivity index (χ1) is 14.3. The summed E-state index contributed by atoms with van der Waals surface area (Å²) >= 11 is 2.37. The van der Waals surface area contributed by atoms with Gasteiger partial charge in [-0.05, 0) is 79.3 Å². The van der Waals surface area contributed by atoms with Gasteiger partial charge in [-0.1, -0.05) is 103 Å². The Bertz CT molecular complexity index is 1200. The SMILES string of the molecule is Ic1ccc(C2=C(c3ccccc3)C(c3ccccc3)=C2c2ccccc2)cc1. The highest BCUT2D eigenvalue weighted by molar-refractivity contribution is 14.1. The maximum atomic E-state index is 2.37. The van der Waals surface area contributed by atoms with Gasteiger partial charge in [0.1, 0.15) is 0 Å². The molecule has 0 atom stereocenters. The molecule has 0 radical (unpaired) electrons. The molecule has 0 spiro atoms. The zero-order valence-electron chi connectivity index (χ0n) is 15.8. The molecule has 0 heterocycles. The van der Waals surface area contributed by atoms with Gasteiger partial charge >= 0.3 is 0 Å². The van der Waals surface area contributed by atoms with E-state index in [2.05, 4.69) is 138 Å². The fourth-order valence-corrected chi connectivity index (χ4v) is 4.38. The van der Waals surface area contributed by atoms with Gasteiger partial charge in [0.25, 0.3) is 0 Å². The largest absolute Gasteiger partial charge is 0.0622 e. The van der Waals surface area contributed by atoms with E-state index in [9.17, 15) is 0 Å². The molecule has 5 rings (SSSR count). The summed E-state index contributed by atoms with van der Waals surface area (Å²) in [7, 11) is 0. The van der Waals surface area contributed by atoms with Gasteiger partial charge in [-0.25, -0.2) is 0 Å². The summed E-state index contributed by atoms with van der Waals surface area (Å²) in [5.41, 5.74) is 10.4. The normalized spacial score (nSPS) is 13.4. The summed E-state index contributed by atoms with van der Waals surface area (Å²) in [5.74, 6) is 0. The van der Waals surface area contributed by atoms with Crippen LogP contribution in [0, 0.1) is 3.57 Å². The van der Waals surface area contributed by atoms with Crippen LogP contribution in [0.25, 0.3) is 22.3 Å². The molecule has 4 aromatic carbocycles. The van der Waals surface area contributed by atoms with E-state index in [4.69, 9.17) is 0 Å². The first kappa shape index (κ1) is 18.1. The van der Waals surface area contributed by atoms with Crippen molar-refractivity contribution < 1.29 is 0 Å². The predicted octanol–water partition coefficient (Wildman–Crippen LogP) is 7.83. The second-order valence-electron chi connectivity index (χ2n) is 7.10. The molecule has 1 aliphatic carbocycles. The number of rotatable bonds is 4. The Balaban J connectivity index is 1.79. The summed E-state index contributed by atoms with van der Waals surface area (Å²) in [6.45, 7) is 0. The van der Waals surface area contributed by atoms with Crippen molar-refractivity contribution in [2.24, 2.45) is 0 Å². The van der Waals surface area contributed by atoms with Crippen LogP contribution >= 0.6 is 22.6 Å². The Morgan fingerprint density at radius 3 is 0.897 bits per heavy atom. The second-order valence-corrected chi connectivity index (χ2v) is 8.35. The first-order valence-electron chi connectivity index (χ1n) is 9.74. The quantitative estimate of drug-likeness (QED) is 0.260. The molecule has 4 aromatic rings. The van der Waals surface area contributed by atoms with E-state index in [-0.39, 0.29) is 0 Å². The fourth-order valence-electron chi connectivity index (χ4n) is 4.02. The van der Waals surface area contributed by atoms with E-state index in [1.165, 1.54) is 48.1 Å². The minimum absolute atomic E-state index is 1.25. The van der Waals surface area contributed by atoms with E-state index in [1.807, 2.05) is 0 Å². The van der Waals surface area contributed by atoms with Gasteiger partial charge in [-0.3, -0.25) is 0 Å². The lowest BCUT2D eigenvalue weighted by Gasteiger charge is -2.33. The van der Waals surface area contributed by atoms with E-state index in [0.29, 0.717) is 0 Å². The molecule has 1 aliphatic rings. The second kappa shape index (κ2) is 7.84. The zero-order valence-corrected chi connectivity index (χ0v) is 18.0. The lowest BCUT2D eigenvalue weighted by atomic mass is 9.69. The molecule has 0 unspecified atom stereocenters. The molecule has 0 bridgehead atoms. The van der Waals surface area contributed by atoms with Crippen molar-refractivity contribution in [1.29, 1.82) is 0 Å². The monoisotopic (exact) mass is 482 g/mol. The molecule has 0 N–H and O–H groups in total. The molecule has 0 aromatic heterocycles. The standard InChI is InChI=1S/C28H19I/c29-24-18-16-23(17-19-24)28-26(21-12-6-2-7-13-21)25(20-10-4-1-5-11-20)27(28)22-14-8-3-9-15-22/h1-19H. The van der Waals surface area contributed by atoms with Crippen molar-refractivity contribution in [1.82, 2.24) is 0 Å². The number of allylic oxidation sites excluding steroid dienone is 4. The minimum Gasteiger partial charge on any atom is -0.0622 e. The van der Waals surface area contributed by atoms with Crippen LogP contribution in [0.1, 0.15) is 22.3 Å². The highest BCUT2D eigenvalue weighted by Crippen LogP contribution is 2.56. The molecule has 0 saturated heterocycles. The van der Waals surface area contributed by atoms with Crippen molar-refractivity contribution in [2.75, 3.05) is 0 Å². The van der Waals surface area contributed by atoms with Crippen LogP contribution in [0.5, 0.6) is 0 Å². The van der Waals surface area contributed by atoms with Gasteiger partial charge in [-0.15, -0.1) is 0 Å². The Kier molecular flexibility index (Phi) is 4.91. The summed E-state index contributed by atoms with van der Waals surface area (Å²) in [5, 5.41) is 0. The molecule has 0 amide bonds. The third-order valence-electron chi connectivity index (χ3n) is 5.32. The number of benzene rings is 4. The number of hydrogen-bond donors (Lipinski definition) is 0. The number of halogens is 1. The van der Waals surface area contributed by atoms with Gasteiger partial charge in [-0.2, -0.15) is 0 Å². The van der Waals surface area contributed by atoms with Crippen LogP contribution in [-0.4, -0.2) is 0 Å². The van der Waals surface area contributed by atoms with Crippen LogP contribution in [0.4, 0.5) is 0 Å². The van der Waals surface area contributed by atoms with Gasteiger partial charge in [0.2, 0.25) is 0 Å². The molecule has 1 heteroatoms. The third-order valence-corrected chi connectivity index (χ3v) is 6.04. The van der Waals surface area contributed by atoms with Gasteiger partial charge in [0, 0.05) is 3.57 Å². The van der Waals surface area contributed by atoms with E-state index < -0.39 is 0 Å². The zero-order chi connectivity index (χ0) is 19.6. The van der Waals surface area contributed by atoms with Crippen LogP contribution in [0.2, 0.25) is 0 Å². The highest BCUT2D eigenvalue weighted by Gasteiger charge is 2.32. The Labute approximate surface area is 185 Å². The average Bonchev–Trinajstić information content (AvgIpc) is 2.77. The minimum atomic E-state index is 1.25. The average molecular weight is 482 g/mol. The van der Waals surface area contributed by atoms with Crippen molar-refractivity contribution >= 4 is 44.9 Å². The van der Waals surface area contributed by atoms with Crippen molar-refractivity contribution in [3.8, 4) is 0 Å². The molecular formula is C28H19I. The van der Waals surface area contributed by atoms with Crippen LogP contribution in [0.3, 0.4) is 0 Å². The van der Waals surface area contributed by atoms with Gasteiger partial charge in [0.05, 0.1) is 0 Å². The predicted molar refractivity (Wildman–Crippen MR) is 132 cm³/mol. The van der Waals surface area contributed by atoms with Crippen molar-refractivity contribution in [3.05, 3.63) is 141 Å². The molecular weight excluding hydrogens is 463 g/mol. The van der Waals surface area contributed by atoms with Crippen LogP contribution in [0.15, 0.2) is 115 Å². The molecule has 138 valence electrons. The number of hydrogen-bond acceptors (Lipinski definition) is 0. The molecule has 29 heavy (non-hydrogen) atoms. The van der Waals surface area contributed by atoms with Crippen molar-refractivity contribution in [2.45, 2.75) is 0 Å². The van der Waals surface area contributed by atoms with Crippen LogP contribution < -0.4 is 0 Å². The van der Waals surface area contributed by atoms with Gasteiger partial charge in [0.15, 0.2) is 0 Å². The fraction of sp³-hybridized carbons (Fsp3) is 0. The Hall–Kier alpha value is -2.91. The Morgan fingerprint density at radius 1 is 0.310 bits per heavy atom. The van der Waals surface area contributed by atoms with Gasteiger partial charge < -0.3 is 0 Å². The van der Waals surface area contributed by atoms with Crippen LogP contribution in [-0.2, 0) is 0 Å².